The summed E-state index contributed by atoms with van der Waals surface area (Å²) < 4.78 is 5.56. The van der Waals surface area contributed by atoms with Crippen LogP contribution in [0.1, 0.15) is 61.4 Å². The fourth-order valence-corrected chi connectivity index (χ4v) is 5.81. The number of fused-ring (bicyclic) bond motifs is 1. The second kappa shape index (κ2) is 11.9. The van der Waals surface area contributed by atoms with Crippen LogP contribution in [-0.2, 0) is 28.0 Å². The zero-order valence-electron chi connectivity index (χ0n) is 23.3. The van der Waals surface area contributed by atoms with Gasteiger partial charge in [0.05, 0.1) is 0 Å². The van der Waals surface area contributed by atoms with E-state index >= 15 is 0 Å². The van der Waals surface area contributed by atoms with Crippen molar-refractivity contribution >= 4 is 22.9 Å². The van der Waals surface area contributed by atoms with Gasteiger partial charge < -0.3 is 20.4 Å². The second-order valence-corrected chi connectivity index (χ2v) is 11.3. The number of aryl methyl sites for hydroxylation is 1. The molecule has 5 rings (SSSR count). The third kappa shape index (κ3) is 6.19. The number of aromatic nitrogens is 2. The molecular weight excluding hydrogens is 500 g/mol. The smallest absolute Gasteiger partial charge is 0.408 e. The van der Waals surface area contributed by atoms with Crippen molar-refractivity contribution in [3.8, 4) is 0 Å². The Morgan fingerprint density at radius 3 is 2.50 bits per heavy atom. The molecule has 7 nitrogen and oxygen atoms in total. The molecule has 1 saturated carbocycles. The molecule has 2 amide bonds. The summed E-state index contributed by atoms with van der Waals surface area (Å²) in [5.41, 5.74) is 3.51. The highest BCUT2D eigenvalue weighted by molar-refractivity contribution is 5.91. The minimum Gasteiger partial charge on any atom is -0.445 e. The zero-order chi connectivity index (χ0) is 28.0. The highest BCUT2D eigenvalue weighted by Gasteiger charge is 2.40. The van der Waals surface area contributed by atoms with Gasteiger partial charge in [-0.25, -0.2) is 4.79 Å². The third-order valence-electron chi connectivity index (χ3n) is 8.19. The quantitative estimate of drug-likeness (QED) is 0.239. The standard InChI is InChI=1S/C33H38N4O3/c1-24-13-15-25(16-14-24)22-40-31(39)37-32(2,20-26-21-35-28-11-5-4-10-27(26)28)30(38)36-23-33(17-7-3-8-18-33)29-12-6-9-19-34-29/h4-6,9-16,19,21,35H,3,7-8,17-18,20,22-23H2,1-2H3,(H,36,38)(H,37,39)/t32-/m0/s1. The van der Waals surface area contributed by atoms with Crippen molar-refractivity contribution in [2.75, 3.05) is 6.54 Å². The van der Waals surface area contributed by atoms with Crippen molar-refractivity contribution in [3.05, 3.63) is 102 Å². The first-order valence-corrected chi connectivity index (χ1v) is 14.1. The number of rotatable bonds is 9. The lowest BCUT2D eigenvalue weighted by molar-refractivity contribution is -0.127. The molecule has 208 valence electrons. The van der Waals surface area contributed by atoms with Gasteiger partial charge in [-0.3, -0.25) is 9.78 Å². The van der Waals surface area contributed by atoms with Gasteiger partial charge in [0.2, 0.25) is 5.91 Å². The van der Waals surface area contributed by atoms with Crippen LogP contribution in [0.15, 0.2) is 79.1 Å². The number of carbonyl (C=O) groups excluding carboxylic acids is 2. The fraction of sp³-hybridized carbons (Fsp3) is 0.364. The molecule has 0 spiro atoms. The number of nitrogens with one attached hydrogen (secondary N) is 3. The molecule has 0 saturated heterocycles. The molecule has 7 heteroatoms. The molecule has 1 aliphatic rings. The number of benzene rings is 2. The van der Waals surface area contributed by atoms with E-state index in [4.69, 9.17) is 4.74 Å². The topological polar surface area (TPSA) is 96.1 Å². The number of aromatic amines is 1. The van der Waals surface area contributed by atoms with Crippen molar-refractivity contribution in [2.45, 2.75) is 69.9 Å². The van der Waals surface area contributed by atoms with Gasteiger partial charge in [0.15, 0.2) is 0 Å². The maximum absolute atomic E-state index is 14.0. The summed E-state index contributed by atoms with van der Waals surface area (Å²) in [7, 11) is 0. The van der Waals surface area contributed by atoms with Gasteiger partial charge in [-0.2, -0.15) is 0 Å². The summed E-state index contributed by atoms with van der Waals surface area (Å²) in [4.78, 5) is 35.0. The van der Waals surface area contributed by atoms with Crippen LogP contribution in [0, 0.1) is 6.92 Å². The number of H-pyrrole nitrogens is 1. The number of nitrogens with zero attached hydrogens (tertiary/aromatic N) is 1. The maximum Gasteiger partial charge on any atom is 0.408 e. The number of hydrogen-bond acceptors (Lipinski definition) is 4. The fourth-order valence-electron chi connectivity index (χ4n) is 5.81. The van der Waals surface area contributed by atoms with E-state index in [2.05, 4.69) is 26.7 Å². The number of alkyl carbamates (subject to hydrolysis) is 1. The Labute approximate surface area is 235 Å². The van der Waals surface area contributed by atoms with Crippen molar-refractivity contribution in [1.29, 1.82) is 0 Å². The van der Waals surface area contributed by atoms with Crippen molar-refractivity contribution < 1.29 is 14.3 Å². The van der Waals surface area contributed by atoms with Gasteiger partial charge in [0.25, 0.3) is 0 Å². The molecule has 2 aromatic heterocycles. The SMILES string of the molecule is Cc1ccc(COC(=O)N[C@@](C)(Cc2c[nH]c3ccccc23)C(=O)NCC2(c3ccccn3)CCCCC2)cc1. The van der Waals surface area contributed by atoms with E-state index in [0.29, 0.717) is 13.0 Å². The summed E-state index contributed by atoms with van der Waals surface area (Å²) in [5, 5.41) is 7.16. The average molecular weight is 539 g/mol. The summed E-state index contributed by atoms with van der Waals surface area (Å²) in [6.45, 7) is 4.37. The van der Waals surface area contributed by atoms with Gasteiger partial charge in [-0.15, -0.1) is 0 Å². The van der Waals surface area contributed by atoms with Crippen molar-refractivity contribution in [1.82, 2.24) is 20.6 Å². The summed E-state index contributed by atoms with van der Waals surface area (Å²) in [6, 6.07) is 21.8. The molecule has 1 aliphatic carbocycles. The number of para-hydroxylation sites is 1. The predicted molar refractivity (Wildman–Crippen MR) is 157 cm³/mol. The number of amides is 2. The van der Waals surface area contributed by atoms with E-state index in [-0.39, 0.29) is 17.9 Å². The first kappa shape index (κ1) is 27.4. The summed E-state index contributed by atoms with van der Waals surface area (Å²) >= 11 is 0. The Morgan fingerprint density at radius 1 is 1.00 bits per heavy atom. The van der Waals surface area contributed by atoms with E-state index in [1.54, 1.807) is 6.92 Å². The van der Waals surface area contributed by atoms with E-state index < -0.39 is 11.6 Å². The summed E-state index contributed by atoms with van der Waals surface area (Å²) in [6.07, 6.45) is 8.73. The molecule has 0 bridgehead atoms. The van der Waals surface area contributed by atoms with Gasteiger partial charge in [-0.1, -0.05) is 73.4 Å². The third-order valence-corrected chi connectivity index (χ3v) is 8.19. The molecule has 0 unspecified atom stereocenters. The van der Waals surface area contributed by atoms with Gasteiger partial charge in [-0.05, 0) is 56.0 Å². The molecular formula is C33H38N4O3. The van der Waals surface area contributed by atoms with E-state index in [9.17, 15) is 9.59 Å². The Hall–Kier alpha value is -4.13. The molecule has 1 atom stereocenters. The lowest BCUT2D eigenvalue weighted by Gasteiger charge is -2.38. The summed E-state index contributed by atoms with van der Waals surface area (Å²) in [5.74, 6) is -0.244. The van der Waals surface area contributed by atoms with Crippen LogP contribution in [-0.4, -0.2) is 34.1 Å². The van der Waals surface area contributed by atoms with Crippen LogP contribution in [0.4, 0.5) is 4.79 Å². The average Bonchev–Trinajstić information content (AvgIpc) is 3.39. The molecule has 3 N–H and O–H groups in total. The minimum atomic E-state index is -1.24. The van der Waals surface area contributed by atoms with Crippen LogP contribution in [0.5, 0.6) is 0 Å². The van der Waals surface area contributed by atoms with E-state index in [1.807, 2.05) is 80.0 Å². The Morgan fingerprint density at radius 2 is 1.75 bits per heavy atom. The largest absolute Gasteiger partial charge is 0.445 e. The number of pyridine rings is 1. The molecule has 2 aromatic carbocycles. The molecule has 4 aromatic rings. The highest BCUT2D eigenvalue weighted by Crippen LogP contribution is 2.38. The van der Waals surface area contributed by atoms with Gasteiger partial charge in [0.1, 0.15) is 12.1 Å². The van der Waals surface area contributed by atoms with Crippen LogP contribution in [0.3, 0.4) is 0 Å². The predicted octanol–water partition coefficient (Wildman–Crippen LogP) is 6.12. The zero-order valence-corrected chi connectivity index (χ0v) is 23.3. The number of ether oxygens (including phenoxy) is 1. The van der Waals surface area contributed by atoms with Crippen LogP contribution < -0.4 is 10.6 Å². The Kier molecular flexibility index (Phi) is 8.19. The lowest BCUT2D eigenvalue weighted by atomic mass is 9.71. The Bertz CT molecular complexity index is 1440. The van der Waals surface area contributed by atoms with Gasteiger partial charge in [0, 0.05) is 47.4 Å². The molecule has 0 aliphatic heterocycles. The van der Waals surface area contributed by atoms with E-state index in [1.165, 1.54) is 6.42 Å². The molecule has 1 fully saturated rings. The van der Waals surface area contributed by atoms with Crippen LogP contribution >= 0.6 is 0 Å². The monoisotopic (exact) mass is 538 g/mol. The number of hydrogen-bond donors (Lipinski definition) is 3. The minimum absolute atomic E-state index is 0.125. The number of carbonyl (C=O) groups is 2. The Balaban J connectivity index is 1.35. The second-order valence-electron chi connectivity index (χ2n) is 11.3. The van der Waals surface area contributed by atoms with Crippen molar-refractivity contribution in [3.63, 3.8) is 0 Å². The molecule has 0 radical (unpaired) electrons. The van der Waals surface area contributed by atoms with E-state index in [0.717, 1.165) is 59.0 Å². The van der Waals surface area contributed by atoms with Crippen LogP contribution in [0.25, 0.3) is 10.9 Å². The lowest BCUT2D eigenvalue weighted by Crippen LogP contribution is -2.59. The van der Waals surface area contributed by atoms with Crippen LogP contribution in [0.2, 0.25) is 0 Å². The van der Waals surface area contributed by atoms with Crippen molar-refractivity contribution in [2.24, 2.45) is 0 Å². The first-order chi connectivity index (χ1) is 19.4. The normalized spacial score (nSPS) is 16.1. The van der Waals surface area contributed by atoms with Gasteiger partial charge >= 0.3 is 6.09 Å². The molecule has 40 heavy (non-hydrogen) atoms. The maximum atomic E-state index is 14.0. The highest BCUT2D eigenvalue weighted by atomic mass is 16.5. The molecule has 2 heterocycles. The first-order valence-electron chi connectivity index (χ1n) is 14.1.